The molecule has 1 aliphatic rings. The van der Waals surface area contributed by atoms with Crippen molar-refractivity contribution < 1.29 is 4.39 Å². The van der Waals surface area contributed by atoms with E-state index in [0.29, 0.717) is 0 Å². The highest BCUT2D eigenvalue weighted by atomic mass is 19.1. The van der Waals surface area contributed by atoms with Gasteiger partial charge in [0.15, 0.2) is 5.67 Å². The summed E-state index contributed by atoms with van der Waals surface area (Å²) in [5, 5.41) is 0. The molecule has 0 N–H and O–H groups in total. The lowest BCUT2D eigenvalue weighted by molar-refractivity contribution is 0.303. The van der Waals surface area contributed by atoms with Gasteiger partial charge in [0, 0.05) is 16.4 Å². The van der Waals surface area contributed by atoms with Crippen molar-refractivity contribution in [2.24, 2.45) is 10.8 Å². The Balaban J connectivity index is 2.29. The molecule has 1 aliphatic carbocycles. The molecule has 0 heterocycles. The second-order valence-electron chi connectivity index (χ2n) is 5.52. The van der Waals surface area contributed by atoms with E-state index in [1.807, 2.05) is 58.0 Å². The highest BCUT2D eigenvalue weighted by molar-refractivity contribution is 5.45. The molecule has 1 heteroatoms. The van der Waals surface area contributed by atoms with Crippen LogP contribution >= 0.6 is 0 Å². The summed E-state index contributed by atoms with van der Waals surface area (Å²) in [6.07, 6.45) is 0. The Bertz CT molecular complexity index is 443. The summed E-state index contributed by atoms with van der Waals surface area (Å²) in [5.41, 5.74) is -1.21. The van der Waals surface area contributed by atoms with Crippen LogP contribution in [0, 0.1) is 22.7 Å². The summed E-state index contributed by atoms with van der Waals surface area (Å²) in [4.78, 5) is 0. The first-order valence-electron chi connectivity index (χ1n) is 5.60. The Morgan fingerprint density at radius 3 is 1.88 bits per heavy atom. The zero-order chi connectivity index (χ0) is 12.0. The third-order valence-electron chi connectivity index (χ3n) is 4.38. The van der Waals surface area contributed by atoms with E-state index in [-0.39, 0.29) is 10.8 Å². The first kappa shape index (κ1) is 11.2. The van der Waals surface area contributed by atoms with Crippen LogP contribution in [0.1, 0.15) is 33.3 Å². The van der Waals surface area contributed by atoms with Gasteiger partial charge in [0.1, 0.15) is 0 Å². The fraction of sp³-hybridized carbons (Fsp3) is 0.467. The van der Waals surface area contributed by atoms with Crippen molar-refractivity contribution in [2.45, 2.75) is 33.4 Å². The number of rotatable bonds is 0. The van der Waals surface area contributed by atoms with Gasteiger partial charge in [-0.3, -0.25) is 0 Å². The van der Waals surface area contributed by atoms with Gasteiger partial charge in [0.05, 0.1) is 0 Å². The molecule has 84 valence electrons. The van der Waals surface area contributed by atoms with Gasteiger partial charge in [-0.25, -0.2) is 4.39 Å². The van der Waals surface area contributed by atoms with Crippen molar-refractivity contribution in [3.8, 4) is 11.8 Å². The summed E-state index contributed by atoms with van der Waals surface area (Å²) in [7, 11) is 0. The van der Waals surface area contributed by atoms with Gasteiger partial charge in [-0.2, -0.15) is 0 Å². The minimum atomic E-state index is -1.37. The lowest BCUT2D eigenvalue weighted by Crippen LogP contribution is -2.07. The fourth-order valence-electron chi connectivity index (χ4n) is 2.24. The highest BCUT2D eigenvalue weighted by Crippen LogP contribution is 2.73. The Labute approximate surface area is 96.9 Å². The van der Waals surface area contributed by atoms with Gasteiger partial charge in [-0.05, 0) is 12.1 Å². The lowest BCUT2D eigenvalue weighted by atomic mass is 10.0. The predicted molar refractivity (Wildman–Crippen MR) is 64.7 cm³/mol. The highest BCUT2D eigenvalue weighted by Gasteiger charge is 2.78. The van der Waals surface area contributed by atoms with E-state index in [1.165, 1.54) is 0 Å². The van der Waals surface area contributed by atoms with Crippen molar-refractivity contribution in [3.63, 3.8) is 0 Å². The average Bonchev–Trinajstić information content (AvgIpc) is 2.55. The second kappa shape index (κ2) is 3.10. The maximum Gasteiger partial charge on any atom is 0.182 e. The first-order chi connectivity index (χ1) is 7.33. The quantitative estimate of drug-likeness (QED) is 0.578. The largest absolute Gasteiger partial charge is 0.228 e. The number of alkyl halides is 1. The molecule has 1 saturated carbocycles. The van der Waals surface area contributed by atoms with E-state index < -0.39 is 5.67 Å². The minimum Gasteiger partial charge on any atom is -0.228 e. The van der Waals surface area contributed by atoms with Gasteiger partial charge in [-0.15, -0.1) is 0 Å². The van der Waals surface area contributed by atoms with Crippen molar-refractivity contribution in [1.82, 2.24) is 0 Å². The van der Waals surface area contributed by atoms with Gasteiger partial charge in [0.2, 0.25) is 0 Å². The second-order valence-corrected chi connectivity index (χ2v) is 5.52. The van der Waals surface area contributed by atoms with Gasteiger partial charge in [-0.1, -0.05) is 57.7 Å². The molecule has 1 fully saturated rings. The molecule has 0 bridgehead atoms. The van der Waals surface area contributed by atoms with Crippen LogP contribution in [-0.2, 0) is 0 Å². The van der Waals surface area contributed by atoms with Crippen LogP contribution in [0.4, 0.5) is 4.39 Å². The number of benzene rings is 1. The third kappa shape index (κ3) is 1.23. The number of hydrogen-bond acceptors (Lipinski definition) is 0. The Morgan fingerprint density at radius 1 is 0.938 bits per heavy atom. The van der Waals surface area contributed by atoms with Crippen LogP contribution in [0.15, 0.2) is 30.3 Å². The van der Waals surface area contributed by atoms with E-state index in [0.717, 1.165) is 5.56 Å². The summed E-state index contributed by atoms with van der Waals surface area (Å²) >= 11 is 0. The SMILES string of the molecule is CC1(C)C(C)(C)C1(F)C#Cc1ccccc1. The van der Waals surface area contributed by atoms with Crippen molar-refractivity contribution in [1.29, 1.82) is 0 Å². The predicted octanol–water partition coefficient (Wildman–Crippen LogP) is 3.81. The topological polar surface area (TPSA) is 0 Å². The minimum absolute atomic E-state index is 0.359. The van der Waals surface area contributed by atoms with Crippen LogP contribution in [-0.4, -0.2) is 5.67 Å². The lowest BCUT2D eigenvalue weighted by Gasteiger charge is -2.00. The molecular formula is C15H17F. The standard InChI is InChI=1S/C15H17F/c1-13(2)14(3,4)15(13,16)11-10-12-8-6-5-7-9-12/h5-9H,1-4H3. The molecule has 0 spiro atoms. The molecule has 1 aromatic carbocycles. The molecular weight excluding hydrogens is 199 g/mol. The zero-order valence-corrected chi connectivity index (χ0v) is 10.3. The van der Waals surface area contributed by atoms with Crippen molar-refractivity contribution in [2.75, 3.05) is 0 Å². The average molecular weight is 216 g/mol. The molecule has 0 aromatic heterocycles. The van der Waals surface area contributed by atoms with E-state index in [4.69, 9.17) is 0 Å². The van der Waals surface area contributed by atoms with Crippen molar-refractivity contribution in [3.05, 3.63) is 35.9 Å². The van der Waals surface area contributed by atoms with E-state index >= 15 is 0 Å². The molecule has 0 saturated heterocycles. The Hall–Kier alpha value is -1.29. The molecule has 0 amide bonds. The smallest absolute Gasteiger partial charge is 0.182 e. The monoisotopic (exact) mass is 216 g/mol. The Morgan fingerprint density at radius 2 is 1.44 bits per heavy atom. The summed E-state index contributed by atoms with van der Waals surface area (Å²) < 4.78 is 14.6. The first-order valence-corrected chi connectivity index (χ1v) is 5.60. The Kier molecular flexibility index (Phi) is 2.17. The normalized spacial score (nSPS) is 23.1. The van der Waals surface area contributed by atoms with Crippen LogP contribution in [0.5, 0.6) is 0 Å². The molecule has 0 unspecified atom stereocenters. The maximum atomic E-state index is 14.6. The van der Waals surface area contributed by atoms with E-state index in [2.05, 4.69) is 11.8 Å². The molecule has 16 heavy (non-hydrogen) atoms. The van der Waals surface area contributed by atoms with Crippen molar-refractivity contribution >= 4 is 0 Å². The molecule has 2 rings (SSSR count). The molecule has 0 nitrogen and oxygen atoms in total. The van der Waals surface area contributed by atoms with Gasteiger partial charge >= 0.3 is 0 Å². The maximum absolute atomic E-state index is 14.6. The summed E-state index contributed by atoms with van der Waals surface area (Å²) in [6, 6.07) is 9.56. The van der Waals surface area contributed by atoms with Gasteiger partial charge in [0.25, 0.3) is 0 Å². The number of halogens is 1. The molecule has 0 aliphatic heterocycles. The third-order valence-corrected chi connectivity index (χ3v) is 4.38. The summed E-state index contributed by atoms with van der Waals surface area (Å²) in [5.74, 6) is 5.75. The van der Waals surface area contributed by atoms with Crippen LogP contribution in [0.2, 0.25) is 0 Å². The molecule has 0 radical (unpaired) electrons. The molecule has 0 atom stereocenters. The van der Waals surface area contributed by atoms with E-state index in [1.54, 1.807) is 0 Å². The van der Waals surface area contributed by atoms with E-state index in [9.17, 15) is 4.39 Å². The van der Waals surface area contributed by atoms with Crippen LogP contribution in [0.3, 0.4) is 0 Å². The zero-order valence-electron chi connectivity index (χ0n) is 10.3. The fourth-order valence-corrected chi connectivity index (χ4v) is 2.24. The van der Waals surface area contributed by atoms with Crippen LogP contribution in [0.25, 0.3) is 0 Å². The van der Waals surface area contributed by atoms with Crippen LogP contribution < -0.4 is 0 Å². The van der Waals surface area contributed by atoms with Gasteiger partial charge < -0.3 is 0 Å². The molecule has 1 aromatic rings. The number of hydrogen-bond donors (Lipinski definition) is 0. The summed E-state index contributed by atoms with van der Waals surface area (Å²) in [6.45, 7) is 7.75.